The van der Waals surface area contributed by atoms with Gasteiger partial charge in [-0.05, 0) is 20.3 Å². The van der Waals surface area contributed by atoms with Crippen LogP contribution < -0.4 is 15.2 Å². The molecule has 1 unspecified atom stereocenters. The third-order valence-corrected chi connectivity index (χ3v) is 2.10. The maximum atomic E-state index is 5.84. The molecular formula is C11H19N3O2. The lowest BCUT2D eigenvalue weighted by molar-refractivity contribution is 0.201. The Bertz CT molecular complexity index is 331. The number of hydrogen-bond donors (Lipinski definition) is 1. The molecule has 1 aromatic heterocycles. The molecule has 0 amide bonds. The van der Waals surface area contributed by atoms with Gasteiger partial charge in [-0.1, -0.05) is 13.3 Å². The van der Waals surface area contributed by atoms with Gasteiger partial charge in [-0.2, -0.15) is 9.97 Å². The summed E-state index contributed by atoms with van der Waals surface area (Å²) in [4.78, 5) is 7.95. The molecular weight excluding hydrogens is 206 g/mol. The Hall–Kier alpha value is -1.52. The molecule has 0 fully saturated rings. The zero-order valence-corrected chi connectivity index (χ0v) is 10.1. The summed E-state index contributed by atoms with van der Waals surface area (Å²) in [7, 11) is 0. The summed E-state index contributed by atoms with van der Waals surface area (Å²) in [5.41, 5.74) is 6.21. The molecule has 1 rings (SSSR count). The van der Waals surface area contributed by atoms with Gasteiger partial charge in [0, 0.05) is 0 Å². The predicted octanol–water partition coefficient (Wildman–Crippen LogP) is 2.02. The molecule has 0 aromatic carbocycles. The van der Waals surface area contributed by atoms with E-state index in [0.29, 0.717) is 24.1 Å². The Morgan fingerprint density at radius 1 is 1.31 bits per heavy atom. The summed E-state index contributed by atoms with van der Waals surface area (Å²) < 4.78 is 10.9. The minimum Gasteiger partial charge on any atom is -0.476 e. The molecule has 90 valence electrons. The van der Waals surface area contributed by atoms with E-state index in [2.05, 4.69) is 16.9 Å². The Morgan fingerprint density at radius 2 is 2.00 bits per heavy atom. The number of nitrogens with zero attached hydrogens (tertiary/aromatic N) is 2. The van der Waals surface area contributed by atoms with Crippen LogP contribution in [0.3, 0.4) is 0 Å². The second-order valence-corrected chi connectivity index (χ2v) is 3.55. The van der Waals surface area contributed by atoms with E-state index in [-0.39, 0.29) is 6.10 Å². The number of nitrogen functional groups attached to an aromatic ring is 1. The van der Waals surface area contributed by atoms with Crippen LogP contribution in [0.4, 0.5) is 5.69 Å². The summed E-state index contributed by atoms with van der Waals surface area (Å²) in [6.45, 7) is 6.49. The summed E-state index contributed by atoms with van der Waals surface area (Å²) in [6, 6.07) is 0. The highest BCUT2D eigenvalue weighted by Gasteiger charge is 2.12. The topological polar surface area (TPSA) is 70.3 Å². The van der Waals surface area contributed by atoms with Crippen LogP contribution in [0.2, 0.25) is 0 Å². The second kappa shape index (κ2) is 6.15. The molecule has 0 radical (unpaired) electrons. The SMILES string of the molecule is CCCC(C)Oc1ncnc(OCC)c1N. The fourth-order valence-electron chi connectivity index (χ4n) is 1.37. The zero-order chi connectivity index (χ0) is 12.0. The monoisotopic (exact) mass is 225 g/mol. The largest absolute Gasteiger partial charge is 0.476 e. The van der Waals surface area contributed by atoms with E-state index in [0.717, 1.165) is 12.8 Å². The van der Waals surface area contributed by atoms with Crippen molar-refractivity contribution in [3.8, 4) is 11.8 Å². The zero-order valence-electron chi connectivity index (χ0n) is 10.1. The van der Waals surface area contributed by atoms with Crippen LogP contribution >= 0.6 is 0 Å². The van der Waals surface area contributed by atoms with Crippen molar-refractivity contribution in [3.63, 3.8) is 0 Å². The van der Waals surface area contributed by atoms with Gasteiger partial charge in [0.2, 0.25) is 11.8 Å². The number of nitrogens with two attached hydrogens (primary N) is 1. The standard InChI is InChI=1S/C11H19N3O2/c1-4-6-8(3)16-11-9(12)10(15-5-2)13-7-14-11/h7-8H,4-6,12H2,1-3H3. The first-order chi connectivity index (χ1) is 7.69. The molecule has 5 nitrogen and oxygen atoms in total. The van der Waals surface area contributed by atoms with Gasteiger partial charge in [-0.15, -0.1) is 0 Å². The molecule has 0 aliphatic heterocycles. The van der Waals surface area contributed by atoms with Crippen LogP contribution in [-0.2, 0) is 0 Å². The highest BCUT2D eigenvalue weighted by molar-refractivity contribution is 5.55. The summed E-state index contributed by atoms with van der Waals surface area (Å²) >= 11 is 0. The fourth-order valence-corrected chi connectivity index (χ4v) is 1.37. The van der Waals surface area contributed by atoms with Crippen LogP contribution in [0.25, 0.3) is 0 Å². The van der Waals surface area contributed by atoms with Gasteiger partial charge in [0.15, 0.2) is 5.69 Å². The molecule has 16 heavy (non-hydrogen) atoms. The molecule has 2 N–H and O–H groups in total. The average Bonchev–Trinajstić information content (AvgIpc) is 2.24. The van der Waals surface area contributed by atoms with Crippen molar-refractivity contribution in [1.82, 2.24) is 9.97 Å². The van der Waals surface area contributed by atoms with Crippen molar-refractivity contribution in [2.45, 2.75) is 39.7 Å². The summed E-state index contributed by atoms with van der Waals surface area (Å²) in [6.07, 6.45) is 3.52. The van der Waals surface area contributed by atoms with Crippen LogP contribution in [-0.4, -0.2) is 22.7 Å². The second-order valence-electron chi connectivity index (χ2n) is 3.55. The number of anilines is 1. The van der Waals surface area contributed by atoms with E-state index in [1.165, 1.54) is 6.33 Å². The Labute approximate surface area is 96.0 Å². The van der Waals surface area contributed by atoms with Crippen molar-refractivity contribution in [1.29, 1.82) is 0 Å². The normalized spacial score (nSPS) is 12.2. The van der Waals surface area contributed by atoms with Crippen LogP contribution in [0.1, 0.15) is 33.6 Å². The maximum absolute atomic E-state index is 5.84. The number of hydrogen-bond acceptors (Lipinski definition) is 5. The molecule has 0 aliphatic carbocycles. The lowest BCUT2D eigenvalue weighted by Crippen LogP contribution is -2.14. The highest BCUT2D eigenvalue weighted by atomic mass is 16.5. The first kappa shape index (κ1) is 12.5. The van der Waals surface area contributed by atoms with E-state index in [9.17, 15) is 0 Å². The lowest BCUT2D eigenvalue weighted by atomic mass is 10.2. The van der Waals surface area contributed by atoms with Gasteiger partial charge in [-0.3, -0.25) is 0 Å². The molecule has 5 heteroatoms. The van der Waals surface area contributed by atoms with Crippen LogP contribution in [0.15, 0.2) is 6.33 Å². The molecule has 0 saturated carbocycles. The summed E-state index contributed by atoms with van der Waals surface area (Å²) in [5, 5.41) is 0. The number of rotatable bonds is 6. The first-order valence-corrected chi connectivity index (χ1v) is 5.58. The minimum absolute atomic E-state index is 0.0941. The van der Waals surface area contributed by atoms with Gasteiger partial charge in [0.1, 0.15) is 6.33 Å². The third-order valence-electron chi connectivity index (χ3n) is 2.10. The van der Waals surface area contributed by atoms with Crippen LogP contribution in [0.5, 0.6) is 11.8 Å². The molecule has 0 saturated heterocycles. The third kappa shape index (κ3) is 3.25. The van der Waals surface area contributed by atoms with Crippen molar-refractivity contribution >= 4 is 5.69 Å². The molecule has 0 aliphatic rings. The Kier molecular flexibility index (Phi) is 4.82. The Balaban J connectivity index is 2.76. The van der Waals surface area contributed by atoms with E-state index < -0.39 is 0 Å². The van der Waals surface area contributed by atoms with E-state index in [1.807, 2.05) is 13.8 Å². The number of ether oxygens (including phenoxy) is 2. The van der Waals surface area contributed by atoms with Crippen molar-refractivity contribution in [2.75, 3.05) is 12.3 Å². The first-order valence-electron chi connectivity index (χ1n) is 5.58. The van der Waals surface area contributed by atoms with E-state index >= 15 is 0 Å². The van der Waals surface area contributed by atoms with Gasteiger partial charge in [0.05, 0.1) is 12.7 Å². The highest BCUT2D eigenvalue weighted by Crippen LogP contribution is 2.27. The van der Waals surface area contributed by atoms with Crippen molar-refractivity contribution in [2.24, 2.45) is 0 Å². The number of aromatic nitrogens is 2. The lowest BCUT2D eigenvalue weighted by Gasteiger charge is -2.15. The van der Waals surface area contributed by atoms with Gasteiger partial charge in [0.25, 0.3) is 0 Å². The van der Waals surface area contributed by atoms with Crippen molar-refractivity contribution < 1.29 is 9.47 Å². The molecule has 1 heterocycles. The van der Waals surface area contributed by atoms with E-state index in [4.69, 9.17) is 15.2 Å². The molecule has 1 aromatic rings. The maximum Gasteiger partial charge on any atom is 0.244 e. The summed E-state index contributed by atoms with van der Waals surface area (Å²) in [5.74, 6) is 0.788. The van der Waals surface area contributed by atoms with E-state index in [1.54, 1.807) is 0 Å². The smallest absolute Gasteiger partial charge is 0.244 e. The van der Waals surface area contributed by atoms with Gasteiger partial charge < -0.3 is 15.2 Å². The van der Waals surface area contributed by atoms with Gasteiger partial charge in [-0.25, -0.2) is 0 Å². The Morgan fingerprint density at radius 3 is 2.62 bits per heavy atom. The molecule has 1 atom stereocenters. The minimum atomic E-state index is 0.0941. The van der Waals surface area contributed by atoms with Gasteiger partial charge >= 0.3 is 0 Å². The fraction of sp³-hybridized carbons (Fsp3) is 0.636. The molecule has 0 bridgehead atoms. The van der Waals surface area contributed by atoms with Crippen LogP contribution in [0, 0.1) is 0 Å². The van der Waals surface area contributed by atoms with Crippen molar-refractivity contribution in [3.05, 3.63) is 6.33 Å². The predicted molar refractivity (Wildman–Crippen MR) is 62.6 cm³/mol. The average molecular weight is 225 g/mol. The molecule has 0 spiro atoms. The quantitative estimate of drug-likeness (QED) is 0.802.